The number of nitrogens with two attached hydrogens (primary N) is 1. The second kappa shape index (κ2) is 5.90. The topological polar surface area (TPSA) is 46.3 Å². The zero-order valence-electron chi connectivity index (χ0n) is 12.3. The number of thiophene rings is 1. The van der Waals surface area contributed by atoms with Gasteiger partial charge in [-0.15, -0.1) is 11.3 Å². The van der Waals surface area contributed by atoms with E-state index in [0.29, 0.717) is 12.2 Å². The molecule has 0 radical (unpaired) electrons. The summed E-state index contributed by atoms with van der Waals surface area (Å²) in [7, 11) is 0. The maximum Gasteiger partial charge on any atom is 0.268 e. The highest BCUT2D eigenvalue weighted by molar-refractivity contribution is 7.14. The molecule has 0 atom stereocenters. The van der Waals surface area contributed by atoms with E-state index < -0.39 is 0 Å². The molecule has 2 aromatic rings. The van der Waals surface area contributed by atoms with E-state index in [1.807, 2.05) is 31.2 Å². The van der Waals surface area contributed by atoms with Gasteiger partial charge >= 0.3 is 0 Å². The minimum absolute atomic E-state index is 0.0646. The smallest absolute Gasteiger partial charge is 0.268 e. The molecule has 0 spiro atoms. The summed E-state index contributed by atoms with van der Waals surface area (Å²) in [5.74, 6) is 0.0646. The molecule has 3 rings (SSSR count). The van der Waals surface area contributed by atoms with Crippen LogP contribution in [0.2, 0.25) is 0 Å². The van der Waals surface area contributed by atoms with Crippen LogP contribution in [-0.4, -0.2) is 12.5 Å². The van der Waals surface area contributed by atoms with Gasteiger partial charge < -0.3 is 10.6 Å². The molecule has 1 aliphatic rings. The van der Waals surface area contributed by atoms with Gasteiger partial charge in [0.15, 0.2) is 0 Å². The van der Waals surface area contributed by atoms with Crippen molar-refractivity contribution in [2.24, 2.45) is 0 Å². The molecular weight excluding hydrogens is 280 g/mol. The Hall–Kier alpha value is -1.81. The van der Waals surface area contributed by atoms with E-state index in [9.17, 15) is 4.79 Å². The number of para-hydroxylation sites is 2. The molecule has 0 unspecified atom stereocenters. The summed E-state index contributed by atoms with van der Waals surface area (Å²) in [5.41, 5.74) is 8.84. The molecule has 1 aliphatic carbocycles. The van der Waals surface area contributed by atoms with Crippen molar-refractivity contribution < 1.29 is 4.79 Å². The van der Waals surface area contributed by atoms with Crippen molar-refractivity contribution in [2.45, 2.75) is 32.6 Å². The van der Waals surface area contributed by atoms with Gasteiger partial charge in [-0.1, -0.05) is 12.1 Å². The molecule has 0 saturated heterocycles. The zero-order chi connectivity index (χ0) is 14.8. The Balaban J connectivity index is 1.92. The summed E-state index contributed by atoms with van der Waals surface area (Å²) in [6.45, 7) is 2.60. The number of hydrogen-bond donors (Lipinski definition) is 1. The van der Waals surface area contributed by atoms with Gasteiger partial charge in [-0.25, -0.2) is 0 Å². The van der Waals surface area contributed by atoms with Gasteiger partial charge in [-0.3, -0.25) is 4.79 Å². The number of rotatable bonds is 3. The number of hydrogen-bond acceptors (Lipinski definition) is 3. The summed E-state index contributed by atoms with van der Waals surface area (Å²) in [4.78, 5) is 16.8. The van der Waals surface area contributed by atoms with Crippen LogP contribution in [0.1, 0.15) is 39.9 Å². The predicted molar refractivity (Wildman–Crippen MR) is 89.2 cm³/mol. The largest absolute Gasteiger partial charge is 0.397 e. The van der Waals surface area contributed by atoms with Crippen molar-refractivity contribution in [3.63, 3.8) is 0 Å². The number of carbonyl (C=O) groups excluding carboxylic acids is 1. The Morgan fingerprint density at radius 2 is 2.05 bits per heavy atom. The van der Waals surface area contributed by atoms with E-state index in [-0.39, 0.29) is 5.91 Å². The maximum absolute atomic E-state index is 12.8. The average Bonchev–Trinajstić information content (AvgIpc) is 2.93. The summed E-state index contributed by atoms with van der Waals surface area (Å²) in [6.07, 6.45) is 4.70. The van der Waals surface area contributed by atoms with E-state index in [4.69, 9.17) is 5.73 Å². The highest BCUT2D eigenvalue weighted by Crippen LogP contribution is 2.32. The van der Waals surface area contributed by atoms with Crippen LogP contribution in [0.15, 0.2) is 30.3 Å². The molecule has 110 valence electrons. The highest BCUT2D eigenvalue weighted by Gasteiger charge is 2.22. The number of fused-ring (bicyclic) bond motifs is 1. The minimum atomic E-state index is 0.0646. The lowest BCUT2D eigenvalue weighted by Crippen LogP contribution is -2.30. The van der Waals surface area contributed by atoms with E-state index in [0.717, 1.165) is 23.4 Å². The Labute approximate surface area is 129 Å². The molecular formula is C17H20N2OS. The van der Waals surface area contributed by atoms with Gasteiger partial charge in [0.2, 0.25) is 0 Å². The summed E-state index contributed by atoms with van der Waals surface area (Å²) in [5, 5.41) is 0. The first kappa shape index (κ1) is 14.1. The maximum atomic E-state index is 12.8. The third-order valence-electron chi connectivity index (χ3n) is 4.00. The molecule has 1 amide bonds. The van der Waals surface area contributed by atoms with Gasteiger partial charge in [0.1, 0.15) is 0 Å². The zero-order valence-corrected chi connectivity index (χ0v) is 13.1. The molecule has 0 saturated carbocycles. The SMILES string of the molecule is CCN(C(=O)c1cc2c(s1)CCCC2)c1ccccc1N. The second-order valence-electron chi connectivity index (χ2n) is 5.37. The van der Waals surface area contributed by atoms with E-state index in [2.05, 4.69) is 6.07 Å². The van der Waals surface area contributed by atoms with Gasteiger partial charge in [0.25, 0.3) is 5.91 Å². The molecule has 4 heteroatoms. The van der Waals surface area contributed by atoms with E-state index in [1.54, 1.807) is 16.2 Å². The minimum Gasteiger partial charge on any atom is -0.397 e. The van der Waals surface area contributed by atoms with Crippen LogP contribution < -0.4 is 10.6 Å². The fourth-order valence-corrected chi connectivity index (χ4v) is 4.09. The number of carbonyl (C=O) groups is 1. The first-order valence-corrected chi connectivity index (χ1v) is 8.30. The van der Waals surface area contributed by atoms with E-state index >= 15 is 0 Å². The summed E-state index contributed by atoms with van der Waals surface area (Å²) < 4.78 is 0. The van der Waals surface area contributed by atoms with Crippen LogP contribution in [0.25, 0.3) is 0 Å². The summed E-state index contributed by atoms with van der Waals surface area (Å²) in [6, 6.07) is 9.64. The van der Waals surface area contributed by atoms with Crippen molar-refractivity contribution in [2.75, 3.05) is 17.2 Å². The van der Waals surface area contributed by atoms with Gasteiger partial charge in [-0.2, -0.15) is 0 Å². The van der Waals surface area contributed by atoms with Crippen LogP contribution in [0.4, 0.5) is 11.4 Å². The van der Waals surface area contributed by atoms with Crippen LogP contribution in [-0.2, 0) is 12.8 Å². The fraction of sp³-hybridized carbons (Fsp3) is 0.353. The number of aryl methyl sites for hydroxylation is 2. The number of nitrogen functional groups attached to an aromatic ring is 1. The molecule has 3 nitrogen and oxygen atoms in total. The van der Waals surface area contributed by atoms with Gasteiger partial charge in [-0.05, 0) is 56.4 Å². The Bertz CT molecular complexity index is 639. The lowest BCUT2D eigenvalue weighted by atomic mass is 9.99. The van der Waals surface area contributed by atoms with Crippen LogP contribution in [0.3, 0.4) is 0 Å². The van der Waals surface area contributed by atoms with Crippen LogP contribution in [0, 0.1) is 0 Å². The molecule has 0 aliphatic heterocycles. The summed E-state index contributed by atoms with van der Waals surface area (Å²) >= 11 is 1.66. The molecule has 1 heterocycles. The van der Waals surface area contributed by atoms with Crippen molar-refractivity contribution in [3.05, 3.63) is 45.6 Å². The molecule has 21 heavy (non-hydrogen) atoms. The lowest BCUT2D eigenvalue weighted by Gasteiger charge is -2.21. The Morgan fingerprint density at radius 1 is 1.29 bits per heavy atom. The van der Waals surface area contributed by atoms with Crippen LogP contribution >= 0.6 is 11.3 Å². The van der Waals surface area contributed by atoms with Gasteiger partial charge in [0.05, 0.1) is 16.3 Å². The fourth-order valence-electron chi connectivity index (χ4n) is 2.89. The normalized spacial score (nSPS) is 13.8. The molecule has 0 bridgehead atoms. The molecule has 1 aromatic carbocycles. The lowest BCUT2D eigenvalue weighted by molar-refractivity contribution is 0.0992. The van der Waals surface area contributed by atoms with Crippen LogP contribution in [0.5, 0.6) is 0 Å². The molecule has 0 fully saturated rings. The van der Waals surface area contributed by atoms with Crippen molar-refractivity contribution >= 4 is 28.6 Å². The average molecular weight is 300 g/mol. The number of anilines is 2. The van der Waals surface area contributed by atoms with E-state index in [1.165, 1.54) is 23.3 Å². The van der Waals surface area contributed by atoms with Gasteiger partial charge in [0, 0.05) is 11.4 Å². The number of benzene rings is 1. The molecule has 2 N–H and O–H groups in total. The number of nitrogens with zero attached hydrogens (tertiary/aromatic N) is 1. The monoisotopic (exact) mass is 300 g/mol. The molecule has 1 aromatic heterocycles. The van der Waals surface area contributed by atoms with Crippen molar-refractivity contribution in [3.8, 4) is 0 Å². The number of amides is 1. The van der Waals surface area contributed by atoms with Crippen molar-refractivity contribution in [1.29, 1.82) is 0 Å². The highest BCUT2D eigenvalue weighted by atomic mass is 32.1. The predicted octanol–water partition coefficient (Wildman–Crippen LogP) is 3.88. The standard InChI is InChI=1S/C17H20N2OS/c1-2-19(14-9-5-4-8-13(14)18)17(20)16-11-12-7-3-6-10-15(12)21-16/h4-5,8-9,11H,2-3,6-7,10,18H2,1H3. The Morgan fingerprint density at radius 3 is 2.76 bits per heavy atom. The third kappa shape index (κ3) is 2.68. The first-order valence-electron chi connectivity index (χ1n) is 7.48. The third-order valence-corrected chi connectivity index (χ3v) is 5.22. The quantitative estimate of drug-likeness (QED) is 0.874. The first-order chi connectivity index (χ1) is 10.2. The second-order valence-corrected chi connectivity index (χ2v) is 6.51. The Kier molecular flexibility index (Phi) is 3.97. The van der Waals surface area contributed by atoms with Crippen molar-refractivity contribution in [1.82, 2.24) is 0 Å².